The standard InChI is InChI=1S/C23H29FN4O2/c1-16(2)22(29)28(14-18-7-5-11-25-13-18)19-8-6-12-27(15-19)23(30)26-21-10-4-9-20(24)17(21)3/h4-5,7,9-11,13,16,19H,6,8,12,14-15H2,1-3H3,(H,26,30). The van der Waals surface area contributed by atoms with E-state index in [1.807, 2.05) is 30.9 Å². The molecule has 1 fully saturated rings. The van der Waals surface area contributed by atoms with Crippen molar-refractivity contribution in [3.05, 3.63) is 59.7 Å². The van der Waals surface area contributed by atoms with Gasteiger partial charge in [0.25, 0.3) is 0 Å². The van der Waals surface area contributed by atoms with Crippen molar-refractivity contribution in [3.8, 4) is 0 Å². The molecule has 7 heteroatoms. The lowest BCUT2D eigenvalue weighted by Crippen LogP contribution is -2.53. The summed E-state index contributed by atoms with van der Waals surface area (Å²) in [6, 6.07) is 8.10. The van der Waals surface area contributed by atoms with Crippen molar-refractivity contribution in [2.75, 3.05) is 18.4 Å². The fourth-order valence-electron chi connectivity index (χ4n) is 3.74. The molecule has 2 heterocycles. The molecular formula is C23H29FN4O2. The summed E-state index contributed by atoms with van der Waals surface area (Å²) in [5, 5.41) is 2.82. The Bertz CT molecular complexity index is 888. The fourth-order valence-corrected chi connectivity index (χ4v) is 3.74. The first-order chi connectivity index (χ1) is 14.4. The summed E-state index contributed by atoms with van der Waals surface area (Å²) in [5.41, 5.74) is 1.84. The summed E-state index contributed by atoms with van der Waals surface area (Å²) in [6.45, 7) is 6.93. The first-order valence-corrected chi connectivity index (χ1v) is 10.4. The molecule has 1 aromatic heterocycles. The molecule has 3 amide bonds. The lowest BCUT2D eigenvalue weighted by Gasteiger charge is -2.40. The van der Waals surface area contributed by atoms with E-state index in [9.17, 15) is 14.0 Å². The third kappa shape index (κ3) is 5.14. The average Bonchev–Trinajstić information content (AvgIpc) is 2.75. The number of likely N-dealkylation sites (tertiary alicyclic amines) is 1. The molecule has 0 bridgehead atoms. The van der Waals surface area contributed by atoms with E-state index < -0.39 is 0 Å². The van der Waals surface area contributed by atoms with Crippen molar-refractivity contribution < 1.29 is 14.0 Å². The minimum atomic E-state index is -0.352. The van der Waals surface area contributed by atoms with E-state index in [2.05, 4.69) is 10.3 Å². The van der Waals surface area contributed by atoms with E-state index in [1.165, 1.54) is 6.07 Å². The Labute approximate surface area is 177 Å². The third-order valence-electron chi connectivity index (χ3n) is 5.49. The number of halogens is 1. The zero-order valence-electron chi connectivity index (χ0n) is 17.8. The maximum Gasteiger partial charge on any atom is 0.321 e. The van der Waals surface area contributed by atoms with Gasteiger partial charge in [0.05, 0.1) is 0 Å². The summed E-state index contributed by atoms with van der Waals surface area (Å²) in [7, 11) is 0. The molecule has 0 radical (unpaired) electrons. The van der Waals surface area contributed by atoms with Gasteiger partial charge < -0.3 is 15.1 Å². The molecule has 30 heavy (non-hydrogen) atoms. The van der Waals surface area contributed by atoms with Crippen LogP contribution >= 0.6 is 0 Å². The maximum atomic E-state index is 13.8. The van der Waals surface area contributed by atoms with E-state index in [0.717, 1.165) is 18.4 Å². The number of rotatable bonds is 5. The monoisotopic (exact) mass is 412 g/mol. The molecule has 2 aromatic rings. The molecule has 3 rings (SSSR count). The number of amides is 3. The van der Waals surface area contributed by atoms with E-state index in [0.29, 0.717) is 30.9 Å². The summed E-state index contributed by atoms with van der Waals surface area (Å²) in [4.78, 5) is 33.5. The van der Waals surface area contributed by atoms with Gasteiger partial charge >= 0.3 is 6.03 Å². The molecule has 0 spiro atoms. The van der Waals surface area contributed by atoms with Crippen LogP contribution in [0.1, 0.15) is 37.8 Å². The van der Waals surface area contributed by atoms with Gasteiger partial charge in [0.15, 0.2) is 0 Å². The number of carbonyl (C=O) groups is 2. The molecule has 160 valence electrons. The largest absolute Gasteiger partial charge is 0.333 e. The Morgan fingerprint density at radius 3 is 2.80 bits per heavy atom. The van der Waals surface area contributed by atoms with Crippen molar-refractivity contribution in [2.24, 2.45) is 5.92 Å². The van der Waals surface area contributed by atoms with Crippen molar-refractivity contribution >= 4 is 17.6 Å². The fraction of sp³-hybridized carbons (Fsp3) is 0.435. The molecule has 1 N–H and O–H groups in total. The van der Waals surface area contributed by atoms with Crippen LogP contribution in [-0.2, 0) is 11.3 Å². The number of nitrogens with zero attached hydrogens (tertiary/aromatic N) is 3. The zero-order valence-corrected chi connectivity index (χ0v) is 17.8. The predicted molar refractivity (Wildman–Crippen MR) is 114 cm³/mol. The molecule has 6 nitrogen and oxygen atoms in total. The lowest BCUT2D eigenvalue weighted by atomic mass is 10.0. The van der Waals surface area contributed by atoms with Crippen LogP contribution in [0.4, 0.5) is 14.9 Å². The molecule has 1 aliphatic rings. The highest BCUT2D eigenvalue weighted by molar-refractivity contribution is 5.90. The summed E-state index contributed by atoms with van der Waals surface area (Å²) in [5.74, 6) is -0.428. The number of hydrogen-bond donors (Lipinski definition) is 1. The Hall–Kier alpha value is -2.96. The van der Waals surface area contributed by atoms with Gasteiger partial charge in [0, 0.05) is 55.2 Å². The number of carbonyl (C=O) groups excluding carboxylic acids is 2. The number of pyridine rings is 1. The second-order valence-corrected chi connectivity index (χ2v) is 8.07. The third-order valence-corrected chi connectivity index (χ3v) is 5.49. The van der Waals surface area contributed by atoms with Crippen LogP contribution in [0.15, 0.2) is 42.7 Å². The van der Waals surface area contributed by atoms with Crippen LogP contribution in [0.2, 0.25) is 0 Å². The van der Waals surface area contributed by atoms with Crippen molar-refractivity contribution in [3.63, 3.8) is 0 Å². The number of nitrogens with one attached hydrogen (secondary N) is 1. The minimum absolute atomic E-state index is 0.0621. The maximum absolute atomic E-state index is 13.8. The number of anilines is 1. The first kappa shape index (κ1) is 21.7. The second kappa shape index (κ2) is 9.69. The number of benzene rings is 1. The minimum Gasteiger partial charge on any atom is -0.333 e. The smallest absolute Gasteiger partial charge is 0.321 e. The Kier molecular flexibility index (Phi) is 7.03. The predicted octanol–water partition coefficient (Wildman–Crippen LogP) is 4.21. The molecule has 1 aromatic carbocycles. The number of piperidine rings is 1. The quantitative estimate of drug-likeness (QED) is 0.800. The van der Waals surface area contributed by atoms with E-state index in [4.69, 9.17) is 0 Å². The molecule has 1 unspecified atom stereocenters. The van der Waals surface area contributed by atoms with Crippen LogP contribution in [0.5, 0.6) is 0 Å². The Balaban J connectivity index is 1.73. The van der Waals surface area contributed by atoms with Crippen LogP contribution in [-0.4, -0.2) is 45.9 Å². The highest BCUT2D eigenvalue weighted by atomic mass is 19.1. The highest BCUT2D eigenvalue weighted by Crippen LogP contribution is 2.23. The van der Waals surface area contributed by atoms with Gasteiger partial charge in [-0.3, -0.25) is 9.78 Å². The van der Waals surface area contributed by atoms with Crippen LogP contribution < -0.4 is 5.32 Å². The van der Waals surface area contributed by atoms with Gasteiger partial charge in [-0.2, -0.15) is 0 Å². The second-order valence-electron chi connectivity index (χ2n) is 8.07. The van der Waals surface area contributed by atoms with Gasteiger partial charge in [0.1, 0.15) is 5.82 Å². The average molecular weight is 413 g/mol. The number of hydrogen-bond acceptors (Lipinski definition) is 3. The van der Waals surface area contributed by atoms with E-state index >= 15 is 0 Å². The zero-order chi connectivity index (χ0) is 21.7. The Morgan fingerprint density at radius 2 is 2.10 bits per heavy atom. The molecule has 1 aliphatic heterocycles. The normalized spacial score (nSPS) is 16.4. The first-order valence-electron chi connectivity index (χ1n) is 10.4. The van der Waals surface area contributed by atoms with Crippen LogP contribution in [0.3, 0.4) is 0 Å². The number of aromatic nitrogens is 1. The molecule has 1 saturated heterocycles. The summed E-state index contributed by atoms with van der Waals surface area (Å²) < 4.78 is 13.8. The van der Waals surface area contributed by atoms with Crippen LogP contribution in [0.25, 0.3) is 0 Å². The molecule has 0 saturated carbocycles. The molecular weight excluding hydrogens is 383 g/mol. The van der Waals surface area contributed by atoms with E-state index in [-0.39, 0.29) is 29.7 Å². The number of urea groups is 1. The van der Waals surface area contributed by atoms with Crippen molar-refractivity contribution in [1.29, 1.82) is 0 Å². The van der Waals surface area contributed by atoms with Gasteiger partial charge in [-0.15, -0.1) is 0 Å². The topological polar surface area (TPSA) is 65.5 Å². The SMILES string of the molecule is Cc1c(F)cccc1NC(=O)N1CCCC(N(Cc2cccnc2)C(=O)C(C)C)C1. The Morgan fingerprint density at radius 1 is 1.30 bits per heavy atom. The summed E-state index contributed by atoms with van der Waals surface area (Å²) in [6.07, 6.45) is 5.11. The lowest BCUT2D eigenvalue weighted by molar-refractivity contribution is -0.138. The summed E-state index contributed by atoms with van der Waals surface area (Å²) >= 11 is 0. The van der Waals surface area contributed by atoms with Gasteiger partial charge in [-0.1, -0.05) is 26.0 Å². The highest BCUT2D eigenvalue weighted by Gasteiger charge is 2.31. The van der Waals surface area contributed by atoms with Gasteiger partial charge in [-0.25, -0.2) is 9.18 Å². The van der Waals surface area contributed by atoms with Gasteiger partial charge in [0.2, 0.25) is 5.91 Å². The molecule has 1 atom stereocenters. The van der Waals surface area contributed by atoms with Crippen LogP contribution in [0, 0.1) is 18.7 Å². The molecule has 0 aliphatic carbocycles. The van der Waals surface area contributed by atoms with Crippen molar-refractivity contribution in [2.45, 2.75) is 46.2 Å². The van der Waals surface area contributed by atoms with Gasteiger partial charge in [-0.05, 0) is 43.5 Å². The van der Waals surface area contributed by atoms with Crippen molar-refractivity contribution in [1.82, 2.24) is 14.8 Å². The van der Waals surface area contributed by atoms with E-state index in [1.54, 1.807) is 36.4 Å².